The molecule has 1 aromatic rings. The lowest BCUT2D eigenvalue weighted by Gasteiger charge is -2.16. The first kappa shape index (κ1) is 12.2. The number of rotatable bonds is 5. The van der Waals surface area contributed by atoms with Crippen LogP contribution in [0.25, 0.3) is 0 Å². The first-order chi connectivity index (χ1) is 7.08. The van der Waals surface area contributed by atoms with Crippen molar-refractivity contribution < 1.29 is 5.11 Å². The topological polar surface area (TPSA) is 38.0 Å². The van der Waals surface area contributed by atoms with Gasteiger partial charge in [0.25, 0.3) is 0 Å². The molecule has 1 rings (SSSR count). The number of aromatic nitrogens is 2. The monoisotopic (exact) mass is 210 g/mol. The summed E-state index contributed by atoms with van der Waals surface area (Å²) in [5.74, 6) is 0.352. The van der Waals surface area contributed by atoms with Crippen molar-refractivity contribution in [2.45, 2.75) is 46.1 Å². The molecule has 0 bridgehead atoms. The van der Waals surface area contributed by atoms with Crippen LogP contribution in [-0.4, -0.2) is 21.0 Å². The van der Waals surface area contributed by atoms with Gasteiger partial charge in [0.15, 0.2) is 0 Å². The molecule has 0 aromatic carbocycles. The maximum Gasteiger partial charge on any atom is 0.0624 e. The van der Waals surface area contributed by atoms with Crippen molar-refractivity contribution in [1.29, 1.82) is 0 Å². The average Bonchev–Trinajstić information content (AvgIpc) is 2.58. The van der Waals surface area contributed by atoms with Gasteiger partial charge in [0.05, 0.1) is 11.8 Å². The highest BCUT2D eigenvalue weighted by Gasteiger charge is 2.15. The summed E-state index contributed by atoms with van der Waals surface area (Å²) in [6, 6.07) is 2.09. The fourth-order valence-electron chi connectivity index (χ4n) is 1.62. The Morgan fingerprint density at radius 1 is 1.47 bits per heavy atom. The highest BCUT2D eigenvalue weighted by atomic mass is 16.3. The van der Waals surface area contributed by atoms with Gasteiger partial charge in [-0.15, -0.1) is 0 Å². The molecule has 3 heteroatoms. The average molecular weight is 210 g/mol. The molecule has 1 N–H and O–H groups in total. The van der Waals surface area contributed by atoms with Gasteiger partial charge in [0.1, 0.15) is 0 Å². The summed E-state index contributed by atoms with van der Waals surface area (Å²) < 4.78 is 1.88. The SMILES string of the molecule is CCc1cc(CC(O)C(C)CC)n(C)n1. The summed E-state index contributed by atoms with van der Waals surface area (Å²) in [6.45, 7) is 6.29. The fraction of sp³-hybridized carbons (Fsp3) is 0.750. The Bertz CT molecular complexity index is 307. The van der Waals surface area contributed by atoms with Crippen LogP contribution in [0.2, 0.25) is 0 Å². The minimum Gasteiger partial charge on any atom is -0.392 e. The van der Waals surface area contributed by atoms with Crippen molar-refractivity contribution in [2.24, 2.45) is 13.0 Å². The van der Waals surface area contributed by atoms with E-state index in [9.17, 15) is 5.11 Å². The Morgan fingerprint density at radius 3 is 2.60 bits per heavy atom. The Hall–Kier alpha value is -0.830. The minimum absolute atomic E-state index is 0.255. The molecule has 86 valence electrons. The third kappa shape index (κ3) is 3.06. The number of aliphatic hydroxyl groups is 1. The van der Waals surface area contributed by atoms with Gasteiger partial charge in [-0.25, -0.2) is 0 Å². The molecular formula is C12H22N2O. The van der Waals surface area contributed by atoms with Gasteiger partial charge < -0.3 is 5.11 Å². The molecule has 0 fully saturated rings. The van der Waals surface area contributed by atoms with E-state index < -0.39 is 0 Å². The molecule has 1 heterocycles. The first-order valence-corrected chi connectivity index (χ1v) is 5.78. The largest absolute Gasteiger partial charge is 0.392 e. The second kappa shape index (κ2) is 5.31. The summed E-state index contributed by atoms with van der Waals surface area (Å²) in [5.41, 5.74) is 2.23. The third-order valence-electron chi connectivity index (χ3n) is 3.11. The van der Waals surface area contributed by atoms with Crippen molar-refractivity contribution in [1.82, 2.24) is 9.78 Å². The van der Waals surface area contributed by atoms with E-state index in [1.54, 1.807) is 0 Å². The van der Waals surface area contributed by atoms with Gasteiger partial charge in [-0.05, 0) is 18.4 Å². The van der Waals surface area contributed by atoms with Crippen LogP contribution in [0, 0.1) is 5.92 Å². The number of aliphatic hydroxyl groups excluding tert-OH is 1. The quantitative estimate of drug-likeness (QED) is 0.806. The van der Waals surface area contributed by atoms with Crippen molar-refractivity contribution >= 4 is 0 Å². The van der Waals surface area contributed by atoms with Crippen molar-refractivity contribution in [2.75, 3.05) is 0 Å². The van der Waals surface area contributed by atoms with E-state index in [1.807, 2.05) is 11.7 Å². The van der Waals surface area contributed by atoms with E-state index in [4.69, 9.17) is 0 Å². The highest BCUT2D eigenvalue weighted by Crippen LogP contribution is 2.14. The molecule has 0 spiro atoms. The van der Waals surface area contributed by atoms with E-state index in [1.165, 1.54) is 0 Å². The summed E-state index contributed by atoms with van der Waals surface area (Å²) >= 11 is 0. The first-order valence-electron chi connectivity index (χ1n) is 5.78. The van der Waals surface area contributed by atoms with Crippen LogP contribution in [0.5, 0.6) is 0 Å². The van der Waals surface area contributed by atoms with E-state index in [0.717, 1.165) is 24.2 Å². The van der Waals surface area contributed by atoms with Gasteiger partial charge in [-0.2, -0.15) is 5.10 Å². The van der Waals surface area contributed by atoms with Gasteiger partial charge in [-0.1, -0.05) is 27.2 Å². The lowest BCUT2D eigenvalue weighted by molar-refractivity contribution is 0.113. The summed E-state index contributed by atoms with van der Waals surface area (Å²) in [5, 5.41) is 14.3. The molecule has 1 aromatic heterocycles. The van der Waals surface area contributed by atoms with E-state index in [2.05, 4.69) is 31.9 Å². The van der Waals surface area contributed by atoms with E-state index in [-0.39, 0.29) is 6.10 Å². The molecule has 0 saturated heterocycles. The van der Waals surface area contributed by atoms with Gasteiger partial charge in [0, 0.05) is 19.2 Å². The molecular weight excluding hydrogens is 188 g/mol. The van der Waals surface area contributed by atoms with Gasteiger partial charge in [0.2, 0.25) is 0 Å². The number of hydrogen-bond acceptors (Lipinski definition) is 2. The predicted molar refractivity (Wildman–Crippen MR) is 61.8 cm³/mol. The Balaban J connectivity index is 2.67. The fourth-order valence-corrected chi connectivity index (χ4v) is 1.62. The standard InChI is InChI=1S/C12H22N2O/c1-5-9(3)12(15)8-11-7-10(6-2)13-14(11)4/h7,9,12,15H,5-6,8H2,1-4H3. The van der Waals surface area contributed by atoms with Crippen molar-refractivity contribution in [3.8, 4) is 0 Å². The molecule has 0 aliphatic rings. The lowest BCUT2D eigenvalue weighted by Crippen LogP contribution is -2.21. The molecule has 2 unspecified atom stereocenters. The number of aryl methyl sites for hydroxylation is 2. The van der Waals surface area contributed by atoms with E-state index >= 15 is 0 Å². The molecule has 0 aliphatic carbocycles. The zero-order chi connectivity index (χ0) is 11.4. The molecule has 0 amide bonds. The molecule has 2 atom stereocenters. The van der Waals surface area contributed by atoms with Crippen LogP contribution in [0.4, 0.5) is 0 Å². The highest BCUT2D eigenvalue weighted by molar-refractivity contribution is 5.11. The smallest absolute Gasteiger partial charge is 0.0624 e. The molecule has 0 radical (unpaired) electrons. The molecule has 0 aliphatic heterocycles. The van der Waals surface area contributed by atoms with Crippen LogP contribution in [-0.2, 0) is 19.9 Å². The molecule has 15 heavy (non-hydrogen) atoms. The number of hydrogen-bond donors (Lipinski definition) is 1. The summed E-state index contributed by atoms with van der Waals surface area (Å²) in [4.78, 5) is 0. The zero-order valence-corrected chi connectivity index (χ0v) is 10.2. The Kier molecular flexibility index (Phi) is 4.33. The second-order valence-electron chi connectivity index (χ2n) is 4.26. The minimum atomic E-state index is -0.255. The van der Waals surface area contributed by atoms with Crippen LogP contribution in [0.1, 0.15) is 38.6 Å². The second-order valence-corrected chi connectivity index (χ2v) is 4.26. The van der Waals surface area contributed by atoms with Gasteiger partial charge in [-0.3, -0.25) is 4.68 Å². The summed E-state index contributed by atoms with van der Waals surface area (Å²) in [6.07, 6.45) is 2.42. The lowest BCUT2D eigenvalue weighted by atomic mass is 9.98. The molecule has 3 nitrogen and oxygen atoms in total. The predicted octanol–water partition coefficient (Wildman–Crippen LogP) is 1.93. The number of nitrogens with zero attached hydrogens (tertiary/aromatic N) is 2. The maximum absolute atomic E-state index is 9.94. The van der Waals surface area contributed by atoms with Gasteiger partial charge >= 0.3 is 0 Å². The normalized spacial score (nSPS) is 15.3. The van der Waals surface area contributed by atoms with Crippen molar-refractivity contribution in [3.63, 3.8) is 0 Å². The van der Waals surface area contributed by atoms with Crippen molar-refractivity contribution in [3.05, 3.63) is 17.5 Å². The zero-order valence-electron chi connectivity index (χ0n) is 10.2. The van der Waals surface area contributed by atoms with Crippen LogP contribution in [0.3, 0.4) is 0 Å². The third-order valence-corrected chi connectivity index (χ3v) is 3.11. The van der Waals surface area contributed by atoms with E-state index in [0.29, 0.717) is 12.3 Å². The Labute approximate surface area is 92.1 Å². The van der Waals surface area contributed by atoms with Crippen LogP contribution in [0.15, 0.2) is 6.07 Å². The molecule has 0 saturated carbocycles. The maximum atomic E-state index is 9.94. The van der Waals surface area contributed by atoms with Crippen LogP contribution >= 0.6 is 0 Å². The Morgan fingerprint density at radius 2 is 2.13 bits per heavy atom. The summed E-state index contributed by atoms with van der Waals surface area (Å²) in [7, 11) is 1.94. The van der Waals surface area contributed by atoms with Crippen LogP contribution < -0.4 is 0 Å².